The van der Waals surface area contributed by atoms with Gasteiger partial charge in [0.15, 0.2) is 0 Å². The highest BCUT2D eigenvalue weighted by Gasteiger charge is 2.11. The summed E-state index contributed by atoms with van der Waals surface area (Å²) in [6, 6.07) is 6.58. The third-order valence-electron chi connectivity index (χ3n) is 3.29. The lowest BCUT2D eigenvalue weighted by Crippen LogP contribution is -2.22. The van der Waals surface area contributed by atoms with Crippen molar-refractivity contribution in [3.63, 3.8) is 0 Å². The summed E-state index contributed by atoms with van der Waals surface area (Å²) < 4.78 is 13.3. The molecule has 1 aromatic carbocycles. The molecular weight excluding hydrogens is 229 g/mol. The molecule has 0 saturated carbocycles. The number of nitrogens with one attached hydrogen (secondary N) is 1. The molecule has 0 spiro atoms. The van der Waals surface area contributed by atoms with Crippen molar-refractivity contribution in [3.05, 3.63) is 29.6 Å². The minimum absolute atomic E-state index is 0.110. The van der Waals surface area contributed by atoms with Crippen LogP contribution in [0.2, 0.25) is 0 Å². The van der Waals surface area contributed by atoms with Crippen molar-refractivity contribution in [1.82, 2.24) is 4.90 Å². The van der Waals surface area contributed by atoms with E-state index in [1.54, 1.807) is 12.1 Å². The van der Waals surface area contributed by atoms with Crippen LogP contribution in [0.15, 0.2) is 18.2 Å². The predicted octanol–water partition coefficient (Wildman–Crippen LogP) is 2.60. The Kier molecular flexibility index (Phi) is 4.54. The highest BCUT2D eigenvalue weighted by atomic mass is 19.1. The fourth-order valence-electron chi connectivity index (χ4n) is 2.32. The van der Waals surface area contributed by atoms with Gasteiger partial charge in [0.1, 0.15) is 17.4 Å². The van der Waals surface area contributed by atoms with Gasteiger partial charge in [0.05, 0.1) is 5.69 Å². The Morgan fingerprint density at radius 2 is 2.11 bits per heavy atom. The third-order valence-corrected chi connectivity index (χ3v) is 3.29. The van der Waals surface area contributed by atoms with E-state index in [4.69, 9.17) is 5.26 Å². The molecule has 1 aliphatic rings. The van der Waals surface area contributed by atoms with Gasteiger partial charge < -0.3 is 10.2 Å². The van der Waals surface area contributed by atoms with Crippen LogP contribution >= 0.6 is 0 Å². The number of nitrogens with zero attached hydrogens (tertiary/aromatic N) is 2. The van der Waals surface area contributed by atoms with Crippen LogP contribution in [0, 0.1) is 17.1 Å². The van der Waals surface area contributed by atoms with E-state index in [1.165, 1.54) is 32.0 Å². The maximum Gasteiger partial charge on any atom is 0.143 e. The zero-order chi connectivity index (χ0) is 12.8. The largest absolute Gasteiger partial charge is 0.384 e. The summed E-state index contributed by atoms with van der Waals surface area (Å²) in [6.45, 7) is 4.24. The lowest BCUT2D eigenvalue weighted by atomic mass is 10.2. The number of anilines is 1. The smallest absolute Gasteiger partial charge is 0.143 e. The average Bonchev–Trinajstić information content (AvgIpc) is 2.88. The van der Waals surface area contributed by atoms with Crippen LogP contribution in [-0.4, -0.2) is 31.1 Å². The second-order valence-electron chi connectivity index (χ2n) is 4.60. The SMILES string of the molecule is N#Cc1c(F)cccc1NCCCN1CCCC1. The van der Waals surface area contributed by atoms with Gasteiger partial charge in [0.25, 0.3) is 0 Å². The lowest BCUT2D eigenvalue weighted by molar-refractivity contribution is 0.337. The standard InChI is InChI=1S/C14H18FN3/c15-13-5-3-6-14(12(13)11-16)17-7-4-10-18-8-1-2-9-18/h3,5-6,17H,1-2,4,7-10H2. The number of halogens is 1. The zero-order valence-corrected chi connectivity index (χ0v) is 10.5. The molecule has 3 nitrogen and oxygen atoms in total. The molecule has 0 amide bonds. The number of hydrogen-bond donors (Lipinski definition) is 1. The molecule has 0 unspecified atom stereocenters. The predicted molar refractivity (Wildman–Crippen MR) is 69.9 cm³/mol. The van der Waals surface area contributed by atoms with Crippen molar-refractivity contribution in [1.29, 1.82) is 5.26 Å². The molecule has 1 fully saturated rings. The van der Waals surface area contributed by atoms with E-state index in [-0.39, 0.29) is 5.56 Å². The maximum absolute atomic E-state index is 13.3. The molecule has 1 heterocycles. The lowest BCUT2D eigenvalue weighted by Gasteiger charge is -2.15. The quantitative estimate of drug-likeness (QED) is 0.813. The molecule has 0 radical (unpaired) electrons. The molecule has 4 heteroatoms. The topological polar surface area (TPSA) is 39.1 Å². The van der Waals surface area contributed by atoms with E-state index in [0.29, 0.717) is 5.69 Å². The van der Waals surface area contributed by atoms with Crippen LogP contribution in [0.4, 0.5) is 10.1 Å². The minimum Gasteiger partial charge on any atom is -0.384 e. The van der Waals surface area contributed by atoms with Crippen LogP contribution in [0.25, 0.3) is 0 Å². The second kappa shape index (κ2) is 6.36. The Morgan fingerprint density at radius 3 is 2.83 bits per heavy atom. The molecule has 1 N–H and O–H groups in total. The van der Waals surface area contributed by atoms with E-state index in [2.05, 4.69) is 10.2 Å². The molecule has 96 valence electrons. The maximum atomic E-state index is 13.3. The van der Waals surface area contributed by atoms with Gasteiger partial charge >= 0.3 is 0 Å². The Labute approximate surface area is 107 Å². The van der Waals surface area contributed by atoms with Crippen LogP contribution in [0.1, 0.15) is 24.8 Å². The third kappa shape index (κ3) is 3.21. The first kappa shape index (κ1) is 12.8. The summed E-state index contributed by atoms with van der Waals surface area (Å²) >= 11 is 0. The molecule has 0 bridgehead atoms. The van der Waals surface area contributed by atoms with Gasteiger partial charge in [-0.25, -0.2) is 4.39 Å². The van der Waals surface area contributed by atoms with Crippen LogP contribution in [0.3, 0.4) is 0 Å². The Hall–Kier alpha value is -1.60. The Bertz CT molecular complexity index is 433. The molecule has 0 aromatic heterocycles. The Balaban J connectivity index is 1.79. The molecule has 1 aliphatic heterocycles. The van der Waals surface area contributed by atoms with Gasteiger partial charge in [0.2, 0.25) is 0 Å². The first-order valence-electron chi connectivity index (χ1n) is 6.46. The summed E-state index contributed by atoms with van der Waals surface area (Å²) in [5.41, 5.74) is 0.706. The summed E-state index contributed by atoms with van der Waals surface area (Å²) in [7, 11) is 0. The van der Waals surface area contributed by atoms with Crippen molar-refractivity contribution in [2.45, 2.75) is 19.3 Å². The van der Waals surface area contributed by atoms with Crippen molar-refractivity contribution in [3.8, 4) is 6.07 Å². The van der Waals surface area contributed by atoms with E-state index >= 15 is 0 Å². The van der Waals surface area contributed by atoms with E-state index in [9.17, 15) is 4.39 Å². The number of rotatable bonds is 5. The molecule has 1 aromatic rings. The molecule has 0 aliphatic carbocycles. The molecular formula is C14H18FN3. The van der Waals surface area contributed by atoms with E-state index in [1.807, 2.05) is 6.07 Å². The van der Waals surface area contributed by atoms with Gasteiger partial charge in [-0.15, -0.1) is 0 Å². The fourth-order valence-corrected chi connectivity index (χ4v) is 2.32. The van der Waals surface area contributed by atoms with Crippen molar-refractivity contribution in [2.24, 2.45) is 0 Å². The zero-order valence-electron chi connectivity index (χ0n) is 10.5. The van der Waals surface area contributed by atoms with Crippen molar-refractivity contribution in [2.75, 3.05) is 31.5 Å². The van der Waals surface area contributed by atoms with Crippen LogP contribution < -0.4 is 5.32 Å². The van der Waals surface area contributed by atoms with Crippen LogP contribution in [0.5, 0.6) is 0 Å². The highest BCUT2D eigenvalue weighted by Crippen LogP contribution is 2.17. The fraction of sp³-hybridized carbons (Fsp3) is 0.500. The number of nitriles is 1. The second-order valence-corrected chi connectivity index (χ2v) is 4.60. The molecule has 0 atom stereocenters. The van der Waals surface area contributed by atoms with Crippen molar-refractivity contribution >= 4 is 5.69 Å². The van der Waals surface area contributed by atoms with Crippen LogP contribution in [-0.2, 0) is 0 Å². The van der Waals surface area contributed by atoms with Gasteiger partial charge in [0, 0.05) is 6.54 Å². The Morgan fingerprint density at radius 1 is 1.33 bits per heavy atom. The minimum atomic E-state index is -0.456. The summed E-state index contributed by atoms with van der Waals surface area (Å²) in [6.07, 6.45) is 3.62. The molecule has 1 saturated heterocycles. The van der Waals surface area contributed by atoms with Gasteiger partial charge in [-0.1, -0.05) is 6.07 Å². The summed E-state index contributed by atoms with van der Waals surface area (Å²) in [4.78, 5) is 2.44. The van der Waals surface area contributed by atoms with Gasteiger partial charge in [-0.2, -0.15) is 5.26 Å². The summed E-state index contributed by atoms with van der Waals surface area (Å²) in [5.74, 6) is -0.456. The number of likely N-dealkylation sites (tertiary alicyclic amines) is 1. The first-order valence-corrected chi connectivity index (χ1v) is 6.46. The van der Waals surface area contributed by atoms with Gasteiger partial charge in [-0.3, -0.25) is 0 Å². The average molecular weight is 247 g/mol. The molecule has 18 heavy (non-hydrogen) atoms. The van der Waals surface area contributed by atoms with Gasteiger partial charge in [-0.05, 0) is 51.0 Å². The number of hydrogen-bond acceptors (Lipinski definition) is 3. The monoisotopic (exact) mass is 247 g/mol. The highest BCUT2D eigenvalue weighted by molar-refractivity contribution is 5.57. The van der Waals surface area contributed by atoms with E-state index < -0.39 is 5.82 Å². The van der Waals surface area contributed by atoms with E-state index in [0.717, 1.165) is 19.5 Å². The normalized spacial score (nSPS) is 15.6. The first-order chi connectivity index (χ1) is 8.81. The molecule has 2 rings (SSSR count). The summed E-state index contributed by atoms with van der Waals surface area (Å²) in [5, 5.41) is 12.0. The van der Waals surface area contributed by atoms with Crippen molar-refractivity contribution < 1.29 is 4.39 Å². The number of benzene rings is 1.